The van der Waals surface area contributed by atoms with Crippen LogP contribution in [-0.4, -0.2) is 28.5 Å². The van der Waals surface area contributed by atoms with Crippen LogP contribution in [0.4, 0.5) is 0 Å². The van der Waals surface area contributed by atoms with Gasteiger partial charge in [0.2, 0.25) is 0 Å². The number of H-pyrrole nitrogens is 1. The molecule has 1 rings (SSSR count). The van der Waals surface area contributed by atoms with Gasteiger partial charge < -0.3 is 15.4 Å². The largest absolute Gasteiger partial charge is 0.481 e. The summed E-state index contributed by atoms with van der Waals surface area (Å²) >= 11 is 0. The maximum atomic E-state index is 11.7. The Hall–Kier alpha value is -2.11. The van der Waals surface area contributed by atoms with Crippen molar-refractivity contribution in [1.29, 1.82) is 0 Å². The highest BCUT2D eigenvalue weighted by molar-refractivity contribution is 5.93. The van der Waals surface area contributed by atoms with Gasteiger partial charge in [-0.15, -0.1) is 0 Å². The van der Waals surface area contributed by atoms with Crippen molar-refractivity contribution in [2.24, 2.45) is 5.92 Å². The summed E-state index contributed by atoms with van der Waals surface area (Å²) in [7, 11) is 0. The summed E-state index contributed by atoms with van der Waals surface area (Å²) in [4.78, 5) is 36.7. The molecule has 1 aromatic heterocycles. The molecular weight excluding hydrogens is 248 g/mol. The molecule has 0 aromatic carbocycles. The fourth-order valence-electron chi connectivity index (χ4n) is 1.58. The quantitative estimate of drug-likeness (QED) is 0.666. The number of carbonyl (C=O) groups is 2. The third-order valence-corrected chi connectivity index (χ3v) is 2.82. The van der Waals surface area contributed by atoms with Gasteiger partial charge in [-0.1, -0.05) is 6.92 Å². The van der Waals surface area contributed by atoms with Crippen molar-refractivity contribution in [1.82, 2.24) is 10.3 Å². The number of carbonyl (C=O) groups excluding carboxylic acids is 1. The highest BCUT2D eigenvalue weighted by Crippen LogP contribution is 2.04. The average Bonchev–Trinajstić information content (AvgIpc) is 2.33. The zero-order valence-electron chi connectivity index (χ0n) is 11.0. The van der Waals surface area contributed by atoms with Gasteiger partial charge in [0.05, 0.1) is 5.92 Å². The Bertz CT molecular complexity index is 522. The van der Waals surface area contributed by atoms with Crippen molar-refractivity contribution < 1.29 is 14.7 Å². The summed E-state index contributed by atoms with van der Waals surface area (Å²) in [6, 6.07) is 1.36. The SMILES string of the molecule is Cc1cc(=O)c(C(=O)NCCCC(C)C(=O)O)c[nH]1. The summed E-state index contributed by atoms with van der Waals surface area (Å²) in [5, 5.41) is 11.3. The number of carboxylic acid groups (broad SMARTS) is 1. The highest BCUT2D eigenvalue weighted by atomic mass is 16.4. The van der Waals surface area contributed by atoms with E-state index in [9.17, 15) is 14.4 Å². The Morgan fingerprint density at radius 3 is 2.74 bits per heavy atom. The molecule has 0 saturated heterocycles. The third kappa shape index (κ3) is 4.57. The van der Waals surface area contributed by atoms with Crippen LogP contribution in [0.2, 0.25) is 0 Å². The molecule has 0 spiro atoms. The van der Waals surface area contributed by atoms with Crippen LogP contribution in [0.15, 0.2) is 17.1 Å². The van der Waals surface area contributed by atoms with Gasteiger partial charge in [0.15, 0.2) is 5.43 Å². The molecule has 0 saturated carbocycles. The first-order valence-corrected chi connectivity index (χ1v) is 6.12. The standard InChI is InChI=1S/C13H18N2O4/c1-8(13(18)19)4-3-5-14-12(17)10-7-15-9(2)6-11(10)16/h6-8H,3-5H2,1-2H3,(H,14,17)(H,15,16)(H,18,19). The second kappa shape index (κ2) is 6.72. The summed E-state index contributed by atoms with van der Waals surface area (Å²) in [6.45, 7) is 3.70. The highest BCUT2D eigenvalue weighted by Gasteiger charge is 2.12. The molecule has 0 aliphatic carbocycles. The molecule has 0 fully saturated rings. The second-order valence-electron chi connectivity index (χ2n) is 4.53. The fourth-order valence-corrected chi connectivity index (χ4v) is 1.58. The molecule has 0 radical (unpaired) electrons. The van der Waals surface area contributed by atoms with Gasteiger partial charge in [-0.05, 0) is 19.8 Å². The van der Waals surface area contributed by atoms with Crippen LogP contribution in [0.3, 0.4) is 0 Å². The number of aryl methyl sites for hydroxylation is 1. The van der Waals surface area contributed by atoms with E-state index in [1.165, 1.54) is 12.3 Å². The number of aromatic amines is 1. The molecule has 0 aliphatic heterocycles. The minimum Gasteiger partial charge on any atom is -0.481 e. The Morgan fingerprint density at radius 2 is 2.16 bits per heavy atom. The number of amides is 1. The Kier molecular flexibility index (Phi) is 5.29. The lowest BCUT2D eigenvalue weighted by Gasteiger charge is -2.07. The molecule has 0 bridgehead atoms. The van der Waals surface area contributed by atoms with E-state index in [2.05, 4.69) is 10.3 Å². The van der Waals surface area contributed by atoms with E-state index in [1.54, 1.807) is 13.8 Å². The van der Waals surface area contributed by atoms with E-state index in [1.807, 2.05) is 0 Å². The maximum Gasteiger partial charge on any atom is 0.306 e. The first-order valence-electron chi connectivity index (χ1n) is 6.12. The summed E-state index contributed by atoms with van der Waals surface area (Å²) in [6.07, 6.45) is 2.43. The van der Waals surface area contributed by atoms with Gasteiger partial charge in [-0.25, -0.2) is 0 Å². The normalized spacial score (nSPS) is 11.9. The van der Waals surface area contributed by atoms with Crippen molar-refractivity contribution in [2.75, 3.05) is 6.54 Å². The monoisotopic (exact) mass is 266 g/mol. The van der Waals surface area contributed by atoms with E-state index in [0.29, 0.717) is 25.1 Å². The van der Waals surface area contributed by atoms with Crippen molar-refractivity contribution >= 4 is 11.9 Å². The average molecular weight is 266 g/mol. The lowest BCUT2D eigenvalue weighted by Crippen LogP contribution is -2.29. The number of rotatable bonds is 6. The first kappa shape index (κ1) is 14.9. The first-order chi connectivity index (χ1) is 8.91. The molecule has 6 heteroatoms. The number of hydrogen-bond donors (Lipinski definition) is 3. The number of nitrogens with one attached hydrogen (secondary N) is 2. The van der Waals surface area contributed by atoms with Gasteiger partial charge in [-0.2, -0.15) is 0 Å². The predicted molar refractivity (Wildman–Crippen MR) is 70.2 cm³/mol. The zero-order valence-corrected chi connectivity index (χ0v) is 11.0. The molecule has 1 aromatic rings. The van der Waals surface area contributed by atoms with E-state index < -0.39 is 17.8 Å². The second-order valence-corrected chi connectivity index (χ2v) is 4.53. The number of aliphatic carboxylic acids is 1. The molecular formula is C13H18N2O4. The molecule has 6 nitrogen and oxygen atoms in total. The van der Waals surface area contributed by atoms with E-state index in [-0.39, 0.29) is 11.0 Å². The summed E-state index contributed by atoms with van der Waals surface area (Å²) in [5.41, 5.74) is 0.432. The predicted octanol–water partition coefficient (Wildman–Crippen LogP) is 0.914. The minimum atomic E-state index is -0.846. The van der Waals surface area contributed by atoms with Crippen LogP contribution in [0.25, 0.3) is 0 Å². The van der Waals surface area contributed by atoms with Crippen molar-refractivity contribution in [3.05, 3.63) is 33.7 Å². The number of aromatic nitrogens is 1. The number of hydrogen-bond acceptors (Lipinski definition) is 3. The van der Waals surface area contributed by atoms with E-state index in [4.69, 9.17) is 5.11 Å². The maximum absolute atomic E-state index is 11.7. The Morgan fingerprint density at radius 1 is 1.47 bits per heavy atom. The fraction of sp³-hybridized carbons (Fsp3) is 0.462. The lowest BCUT2D eigenvalue weighted by atomic mass is 10.1. The van der Waals surface area contributed by atoms with Crippen molar-refractivity contribution in [2.45, 2.75) is 26.7 Å². The minimum absolute atomic E-state index is 0.0666. The Balaban J connectivity index is 2.44. The number of pyridine rings is 1. The Labute approximate surface area is 110 Å². The van der Waals surface area contributed by atoms with Crippen LogP contribution >= 0.6 is 0 Å². The summed E-state index contributed by atoms with van der Waals surface area (Å²) < 4.78 is 0. The van der Waals surface area contributed by atoms with Gasteiger partial charge in [0.25, 0.3) is 5.91 Å². The van der Waals surface area contributed by atoms with Crippen LogP contribution in [0.1, 0.15) is 35.8 Å². The molecule has 3 N–H and O–H groups in total. The smallest absolute Gasteiger partial charge is 0.306 e. The topological polar surface area (TPSA) is 99.3 Å². The zero-order chi connectivity index (χ0) is 14.4. The van der Waals surface area contributed by atoms with Crippen molar-refractivity contribution in [3.63, 3.8) is 0 Å². The molecule has 1 heterocycles. The van der Waals surface area contributed by atoms with Crippen LogP contribution in [0, 0.1) is 12.8 Å². The van der Waals surface area contributed by atoms with E-state index >= 15 is 0 Å². The molecule has 19 heavy (non-hydrogen) atoms. The summed E-state index contributed by atoms with van der Waals surface area (Å²) in [5.74, 6) is -1.72. The van der Waals surface area contributed by atoms with Gasteiger partial charge in [-0.3, -0.25) is 14.4 Å². The van der Waals surface area contributed by atoms with Crippen LogP contribution in [-0.2, 0) is 4.79 Å². The van der Waals surface area contributed by atoms with Crippen LogP contribution < -0.4 is 10.7 Å². The molecule has 104 valence electrons. The van der Waals surface area contributed by atoms with Gasteiger partial charge >= 0.3 is 5.97 Å². The lowest BCUT2D eigenvalue weighted by molar-refractivity contribution is -0.141. The van der Waals surface area contributed by atoms with Gasteiger partial charge in [0, 0.05) is 24.5 Å². The van der Waals surface area contributed by atoms with Crippen molar-refractivity contribution in [3.8, 4) is 0 Å². The molecule has 1 unspecified atom stereocenters. The van der Waals surface area contributed by atoms with Crippen LogP contribution in [0.5, 0.6) is 0 Å². The third-order valence-electron chi connectivity index (χ3n) is 2.82. The van der Waals surface area contributed by atoms with E-state index in [0.717, 1.165) is 0 Å². The molecule has 1 atom stereocenters. The molecule has 1 amide bonds. The number of carboxylic acids is 1. The van der Waals surface area contributed by atoms with Gasteiger partial charge in [0.1, 0.15) is 5.56 Å². The molecule has 0 aliphatic rings.